The fourth-order valence-electron chi connectivity index (χ4n) is 1.22. The van der Waals surface area contributed by atoms with Crippen LogP contribution in [0.25, 0.3) is 0 Å². The van der Waals surface area contributed by atoms with Crippen molar-refractivity contribution in [3.63, 3.8) is 0 Å². The highest BCUT2D eigenvalue weighted by Crippen LogP contribution is 2.09. The molecule has 84 valence electrons. The van der Waals surface area contributed by atoms with E-state index in [-0.39, 0.29) is 5.69 Å². The number of carbonyl (C=O) groups excluding carboxylic acids is 1. The van der Waals surface area contributed by atoms with Gasteiger partial charge in [-0.3, -0.25) is 0 Å². The normalized spacial score (nSPS) is 10.3. The molecule has 0 aromatic carbocycles. The molecule has 0 saturated heterocycles. The van der Waals surface area contributed by atoms with Crippen molar-refractivity contribution in [1.29, 1.82) is 0 Å². The van der Waals surface area contributed by atoms with E-state index < -0.39 is 5.97 Å². The van der Waals surface area contributed by atoms with Gasteiger partial charge in [0.2, 0.25) is 0 Å². The highest BCUT2D eigenvalue weighted by Gasteiger charge is 2.12. The Kier molecular flexibility index (Phi) is 4.15. The Morgan fingerprint density at radius 3 is 2.93 bits per heavy atom. The number of hydrogen-bond acceptors (Lipinski definition) is 4. The number of rotatable bonds is 5. The van der Waals surface area contributed by atoms with Crippen LogP contribution in [0.1, 0.15) is 37.2 Å². The second-order valence-electron chi connectivity index (χ2n) is 3.25. The van der Waals surface area contributed by atoms with Gasteiger partial charge in [0.25, 0.3) is 0 Å². The van der Waals surface area contributed by atoms with Crippen LogP contribution in [0.2, 0.25) is 0 Å². The van der Waals surface area contributed by atoms with Crippen molar-refractivity contribution in [3.8, 4) is 0 Å². The maximum atomic E-state index is 11.3. The summed E-state index contributed by atoms with van der Waals surface area (Å²) in [6.45, 7) is 4.93. The van der Waals surface area contributed by atoms with E-state index >= 15 is 0 Å². The lowest BCUT2D eigenvalue weighted by Crippen LogP contribution is -2.08. The fraction of sp³-hybridized carbons (Fsp3) is 0.600. The minimum absolute atomic E-state index is 0.283. The summed E-state index contributed by atoms with van der Waals surface area (Å²) in [5, 5.41) is 4.08. The maximum Gasteiger partial charge on any atom is 0.358 e. The largest absolute Gasteiger partial charge is 0.461 e. The molecule has 0 bridgehead atoms. The predicted octanol–water partition coefficient (Wildman–Crippen LogP) is 1.44. The van der Waals surface area contributed by atoms with Gasteiger partial charge in [-0.2, -0.15) is 5.10 Å². The lowest BCUT2D eigenvalue weighted by molar-refractivity contribution is 0.0518. The molecule has 0 atom stereocenters. The molecule has 0 aliphatic heterocycles. The molecule has 5 nitrogen and oxygen atoms in total. The molecule has 1 aromatic heterocycles. The molecule has 0 fully saturated rings. The van der Waals surface area contributed by atoms with Crippen LogP contribution in [-0.4, -0.2) is 22.4 Å². The van der Waals surface area contributed by atoms with Crippen LogP contribution >= 0.6 is 0 Å². The van der Waals surface area contributed by atoms with Crippen LogP contribution in [0.15, 0.2) is 6.07 Å². The lowest BCUT2D eigenvalue weighted by atomic mass is 10.3. The Labute approximate surface area is 89.2 Å². The van der Waals surface area contributed by atoms with Gasteiger partial charge in [-0.25, -0.2) is 9.48 Å². The highest BCUT2D eigenvalue weighted by molar-refractivity contribution is 5.88. The minimum Gasteiger partial charge on any atom is -0.461 e. The van der Waals surface area contributed by atoms with Crippen molar-refractivity contribution in [2.24, 2.45) is 0 Å². The molecule has 1 aromatic rings. The van der Waals surface area contributed by atoms with E-state index in [1.165, 1.54) is 0 Å². The molecule has 0 spiro atoms. The van der Waals surface area contributed by atoms with E-state index in [2.05, 4.69) is 12.0 Å². The smallest absolute Gasteiger partial charge is 0.358 e. The summed E-state index contributed by atoms with van der Waals surface area (Å²) >= 11 is 0. The quantitative estimate of drug-likeness (QED) is 0.748. The first kappa shape index (κ1) is 11.6. The molecule has 0 aliphatic carbocycles. The van der Waals surface area contributed by atoms with E-state index in [0.29, 0.717) is 12.4 Å². The van der Waals surface area contributed by atoms with Gasteiger partial charge in [0.05, 0.1) is 6.61 Å². The molecule has 1 heterocycles. The Morgan fingerprint density at radius 1 is 1.60 bits per heavy atom. The monoisotopic (exact) mass is 211 g/mol. The first-order valence-corrected chi connectivity index (χ1v) is 5.19. The van der Waals surface area contributed by atoms with Crippen molar-refractivity contribution >= 4 is 11.8 Å². The molecular formula is C10H17N3O2. The topological polar surface area (TPSA) is 70.1 Å². The van der Waals surface area contributed by atoms with Gasteiger partial charge in [0, 0.05) is 12.6 Å². The fourth-order valence-corrected chi connectivity index (χ4v) is 1.22. The van der Waals surface area contributed by atoms with E-state index in [1.807, 2.05) is 0 Å². The van der Waals surface area contributed by atoms with Crippen molar-refractivity contribution in [3.05, 3.63) is 11.8 Å². The molecule has 0 amide bonds. The average molecular weight is 211 g/mol. The predicted molar refractivity (Wildman–Crippen MR) is 57.5 cm³/mol. The van der Waals surface area contributed by atoms with Crippen LogP contribution in [0.3, 0.4) is 0 Å². The van der Waals surface area contributed by atoms with Crippen molar-refractivity contribution in [2.45, 2.75) is 33.2 Å². The minimum atomic E-state index is -0.417. The van der Waals surface area contributed by atoms with Crippen LogP contribution in [0.5, 0.6) is 0 Å². The number of anilines is 1. The summed E-state index contributed by atoms with van der Waals surface area (Å²) < 4.78 is 6.47. The Balaban J connectivity index is 2.71. The molecule has 2 N–H and O–H groups in total. The van der Waals surface area contributed by atoms with Crippen molar-refractivity contribution < 1.29 is 9.53 Å². The number of nitrogen functional groups attached to an aromatic ring is 1. The van der Waals surface area contributed by atoms with E-state index in [0.717, 1.165) is 19.4 Å². The first-order valence-electron chi connectivity index (χ1n) is 5.19. The van der Waals surface area contributed by atoms with E-state index in [4.69, 9.17) is 10.5 Å². The average Bonchev–Trinajstić information content (AvgIpc) is 2.57. The van der Waals surface area contributed by atoms with Crippen LogP contribution in [0, 0.1) is 0 Å². The molecule has 0 aliphatic rings. The molecule has 15 heavy (non-hydrogen) atoms. The molecule has 1 rings (SSSR count). The van der Waals surface area contributed by atoms with E-state index in [9.17, 15) is 4.79 Å². The molecule has 0 unspecified atom stereocenters. The van der Waals surface area contributed by atoms with Gasteiger partial charge in [-0.1, -0.05) is 13.3 Å². The number of aryl methyl sites for hydroxylation is 1. The standard InChI is InChI=1S/C10H17N3O2/c1-3-5-6-13-9(11)7-8(12-13)10(14)15-4-2/h7H,3-6,11H2,1-2H3. The van der Waals surface area contributed by atoms with E-state index in [1.54, 1.807) is 17.7 Å². The van der Waals surface area contributed by atoms with Gasteiger partial charge >= 0.3 is 5.97 Å². The summed E-state index contributed by atoms with van der Waals surface area (Å²) in [6.07, 6.45) is 2.06. The molecular weight excluding hydrogens is 194 g/mol. The van der Waals surface area contributed by atoms with Crippen molar-refractivity contribution in [2.75, 3.05) is 12.3 Å². The molecule has 0 radical (unpaired) electrons. The van der Waals surface area contributed by atoms with Gasteiger partial charge < -0.3 is 10.5 Å². The number of carbonyl (C=O) groups is 1. The van der Waals surface area contributed by atoms with Gasteiger partial charge in [-0.15, -0.1) is 0 Å². The zero-order valence-electron chi connectivity index (χ0n) is 9.19. The third-order valence-corrected chi connectivity index (χ3v) is 2.02. The Morgan fingerprint density at radius 2 is 2.33 bits per heavy atom. The van der Waals surface area contributed by atoms with Crippen LogP contribution < -0.4 is 5.73 Å². The second kappa shape index (κ2) is 5.38. The Hall–Kier alpha value is -1.52. The van der Waals surface area contributed by atoms with Crippen molar-refractivity contribution in [1.82, 2.24) is 9.78 Å². The summed E-state index contributed by atoms with van der Waals surface area (Å²) in [4.78, 5) is 11.3. The second-order valence-corrected chi connectivity index (χ2v) is 3.25. The molecule has 0 saturated carbocycles. The number of nitrogens with two attached hydrogens (primary N) is 1. The number of ether oxygens (including phenoxy) is 1. The zero-order chi connectivity index (χ0) is 11.3. The summed E-state index contributed by atoms with van der Waals surface area (Å²) in [6, 6.07) is 1.55. The van der Waals surface area contributed by atoms with Gasteiger partial charge in [0.1, 0.15) is 5.82 Å². The maximum absolute atomic E-state index is 11.3. The number of nitrogens with zero attached hydrogens (tertiary/aromatic N) is 2. The number of esters is 1. The summed E-state index contributed by atoms with van der Waals surface area (Å²) in [5.41, 5.74) is 5.99. The summed E-state index contributed by atoms with van der Waals surface area (Å²) in [5.74, 6) is 0.0888. The van der Waals surface area contributed by atoms with Gasteiger partial charge in [-0.05, 0) is 13.3 Å². The summed E-state index contributed by atoms with van der Waals surface area (Å²) in [7, 11) is 0. The number of unbranched alkanes of at least 4 members (excludes halogenated alkanes) is 1. The number of aromatic nitrogens is 2. The zero-order valence-corrected chi connectivity index (χ0v) is 9.19. The molecule has 5 heteroatoms. The lowest BCUT2D eigenvalue weighted by Gasteiger charge is -2.01. The highest BCUT2D eigenvalue weighted by atomic mass is 16.5. The third-order valence-electron chi connectivity index (χ3n) is 2.02. The Bertz CT molecular complexity index is 333. The van der Waals surface area contributed by atoms with Crippen LogP contribution in [-0.2, 0) is 11.3 Å². The van der Waals surface area contributed by atoms with Gasteiger partial charge in [0.15, 0.2) is 5.69 Å². The SMILES string of the molecule is CCCCn1nc(C(=O)OCC)cc1N. The number of hydrogen-bond donors (Lipinski definition) is 1. The van der Waals surface area contributed by atoms with Crippen LogP contribution in [0.4, 0.5) is 5.82 Å². The third kappa shape index (κ3) is 2.97. The first-order chi connectivity index (χ1) is 7.19.